The fourth-order valence-electron chi connectivity index (χ4n) is 2.17. The van der Waals surface area contributed by atoms with E-state index in [9.17, 15) is 18.0 Å². The number of carbonyl (C=O) groups is 1. The molecule has 19 heavy (non-hydrogen) atoms. The molecule has 6 heteroatoms. The van der Waals surface area contributed by atoms with Crippen LogP contribution >= 0.6 is 0 Å². The quantitative estimate of drug-likeness (QED) is 0.812. The maximum absolute atomic E-state index is 13.0. The number of rotatable bonds is 2. The molecule has 1 aromatic carbocycles. The molecule has 0 aromatic heterocycles. The first-order chi connectivity index (χ1) is 8.87. The normalized spacial score (nSPS) is 19.1. The molecule has 3 nitrogen and oxygen atoms in total. The lowest BCUT2D eigenvalue weighted by Gasteiger charge is -2.27. The van der Waals surface area contributed by atoms with Gasteiger partial charge >= 0.3 is 0 Å². The first-order valence-corrected chi connectivity index (χ1v) is 6.11. The van der Waals surface area contributed by atoms with E-state index in [1.165, 1.54) is 12.1 Å². The molecule has 0 bridgehead atoms. The number of benzene rings is 1. The van der Waals surface area contributed by atoms with Crippen LogP contribution in [0.4, 0.5) is 24.5 Å². The van der Waals surface area contributed by atoms with Gasteiger partial charge in [-0.3, -0.25) is 4.79 Å². The van der Waals surface area contributed by atoms with E-state index in [0.29, 0.717) is 5.69 Å². The molecular weight excluding hydrogens is 257 g/mol. The maximum atomic E-state index is 13.0. The highest BCUT2D eigenvalue weighted by Gasteiger charge is 2.37. The number of nitrogens with one attached hydrogen (secondary N) is 1. The van der Waals surface area contributed by atoms with Crippen LogP contribution in [0, 0.1) is 11.7 Å². The number of hydrogen-bond acceptors (Lipinski definition) is 2. The molecule has 0 heterocycles. The molecular formula is C13H15F3N2O. The van der Waals surface area contributed by atoms with Gasteiger partial charge in [-0.25, -0.2) is 13.2 Å². The molecule has 0 spiro atoms. The van der Waals surface area contributed by atoms with E-state index in [4.69, 9.17) is 5.73 Å². The van der Waals surface area contributed by atoms with Crippen molar-refractivity contribution in [3.8, 4) is 0 Å². The summed E-state index contributed by atoms with van der Waals surface area (Å²) in [5.74, 6) is -3.96. The lowest BCUT2D eigenvalue weighted by atomic mass is 9.86. The number of alkyl halides is 2. The third kappa shape index (κ3) is 3.39. The molecule has 0 aliphatic heterocycles. The summed E-state index contributed by atoms with van der Waals surface area (Å²) < 4.78 is 38.9. The first kappa shape index (κ1) is 13.7. The summed E-state index contributed by atoms with van der Waals surface area (Å²) in [6.45, 7) is 0. The Labute approximate surface area is 109 Å². The molecule has 1 amide bonds. The number of halogens is 3. The van der Waals surface area contributed by atoms with E-state index < -0.39 is 17.7 Å². The molecule has 0 atom stereocenters. The van der Waals surface area contributed by atoms with Crippen molar-refractivity contribution in [2.75, 3.05) is 11.1 Å². The monoisotopic (exact) mass is 272 g/mol. The molecule has 0 saturated heterocycles. The number of nitrogen functional groups attached to an aromatic ring is 1. The minimum Gasteiger partial charge on any atom is -0.396 e. The molecule has 1 aromatic rings. The summed E-state index contributed by atoms with van der Waals surface area (Å²) in [4.78, 5) is 11.9. The molecule has 2 rings (SSSR count). The van der Waals surface area contributed by atoms with Gasteiger partial charge in [-0.2, -0.15) is 0 Å². The van der Waals surface area contributed by atoms with Gasteiger partial charge in [0.25, 0.3) is 0 Å². The molecule has 1 aliphatic rings. The zero-order valence-electron chi connectivity index (χ0n) is 10.3. The Morgan fingerprint density at radius 2 is 1.95 bits per heavy atom. The van der Waals surface area contributed by atoms with E-state index >= 15 is 0 Å². The third-order valence-electron chi connectivity index (χ3n) is 3.35. The average Bonchev–Trinajstić information content (AvgIpc) is 2.33. The predicted octanol–water partition coefficient (Wildman–Crippen LogP) is 3.17. The van der Waals surface area contributed by atoms with Crippen molar-refractivity contribution in [2.24, 2.45) is 5.92 Å². The highest BCUT2D eigenvalue weighted by Crippen LogP contribution is 2.36. The highest BCUT2D eigenvalue weighted by molar-refractivity contribution is 5.93. The van der Waals surface area contributed by atoms with E-state index in [1.54, 1.807) is 0 Å². The van der Waals surface area contributed by atoms with E-state index in [1.807, 2.05) is 0 Å². The summed E-state index contributed by atoms with van der Waals surface area (Å²) >= 11 is 0. The Morgan fingerprint density at radius 3 is 2.53 bits per heavy atom. The van der Waals surface area contributed by atoms with Gasteiger partial charge in [0.05, 0.1) is 5.69 Å². The van der Waals surface area contributed by atoms with Gasteiger partial charge in [-0.15, -0.1) is 0 Å². The van der Waals surface area contributed by atoms with Gasteiger partial charge in [-0.1, -0.05) is 0 Å². The van der Waals surface area contributed by atoms with Crippen LogP contribution in [0.3, 0.4) is 0 Å². The van der Waals surface area contributed by atoms with Crippen LogP contribution in [-0.2, 0) is 4.79 Å². The number of carbonyl (C=O) groups excluding carboxylic acids is 1. The Bertz CT molecular complexity index is 481. The van der Waals surface area contributed by atoms with Crippen LogP contribution in [-0.4, -0.2) is 11.8 Å². The molecule has 1 saturated carbocycles. The second-order valence-electron chi connectivity index (χ2n) is 4.86. The van der Waals surface area contributed by atoms with Crippen LogP contribution in [0.25, 0.3) is 0 Å². The number of nitrogens with two attached hydrogens (primary N) is 1. The van der Waals surface area contributed by atoms with Crippen molar-refractivity contribution in [1.82, 2.24) is 0 Å². The van der Waals surface area contributed by atoms with Gasteiger partial charge in [-0.05, 0) is 31.0 Å². The molecule has 1 fully saturated rings. The van der Waals surface area contributed by atoms with Gasteiger partial charge in [0.1, 0.15) is 5.82 Å². The fourth-order valence-corrected chi connectivity index (χ4v) is 2.17. The minimum absolute atomic E-state index is 0.0621. The van der Waals surface area contributed by atoms with Crippen LogP contribution < -0.4 is 11.1 Å². The summed E-state index contributed by atoms with van der Waals surface area (Å²) in [5.41, 5.74) is 5.70. The van der Waals surface area contributed by atoms with Crippen molar-refractivity contribution >= 4 is 17.3 Å². The van der Waals surface area contributed by atoms with Crippen LogP contribution in [0.5, 0.6) is 0 Å². The largest absolute Gasteiger partial charge is 0.396 e. The Balaban J connectivity index is 1.96. The van der Waals surface area contributed by atoms with Gasteiger partial charge in [0, 0.05) is 24.4 Å². The van der Waals surface area contributed by atoms with Crippen molar-refractivity contribution in [3.05, 3.63) is 24.0 Å². The Morgan fingerprint density at radius 1 is 1.32 bits per heavy atom. The summed E-state index contributed by atoms with van der Waals surface area (Å²) in [6.07, 6.45) is -0.210. The highest BCUT2D eigenvalue weighted by atomic mass is 19.3. The lowest BCUT2D eigenvalue weighted by Crippen LogP contribution is -2.31. The molecule has 104 valence electrons. The predicted molar refractivity (Wildman–Crippen MR) is 66.3 cm³/mol. The van der Waals surface area contributed by atoms with Crippen molar-refractivity contribution in [1.29, 1.82) is 0 Å². The summed E-state index contributed by atoms with van der Waals surface area (Å²) in [5, 5.41) is 2.58. The van der Waals surface area contributed by atoms with Gasteiger partial charge in [0.2, 0.25) is 11.8 Å². The second kappa shape index (κ2) is 5.11. The SMILES string of the molecule is Nc1cc(NC(=O)C2CCC(F)(F)CC2)ccc1F. The summed E-state index contributed by atoms with van der Waals surface area (Å²) in [6, 6.07) is 3.85. The van der Waals surface area contributed by atoms with E-state index in [0.717, 1.165) is 6.07 Å². The van der Waals surface area contributed by atoms with Crippen LogP contribution in [0.2, 0.25) is 0 Å². The number of anilines is 2. The lowest BCUT2D eigenvalue weighted by molar-refractivity contribution is -0.124. The molecule has 1 aliphatic carbocycles. The zero-order chi connectivity index (χ0) is 14.0. The average molecular weight is 272 g/mol. The molecule has 0 unspecified atom stereocenters. The van der Waals surface area contributed by atoms with E-state index in [2.05, 4.69) is 5.32 Å². The van der Waals surface area contributed by atoms with Crippen molar-refractivity contribution < 1.29 is 18.0 Å². The molecule has 0 radical (unpaired) electrons. The Kier molecular flexibility index (Phi) is 3.68. The van der Waals surface area contributed by atoms with Crippen molar-refractivity contribution in [2.45, 2.75) is 31.6 Å². The minimum atomic E-state index is -2.66. The molecule has 3 N–H and O–H groups in total. The van der Waals surface area contributed by atoms with Crippen LogP contribution in [0.15, 0.2) is 18.2 Å². The van der Waals surface area contributed by atoms with Crippen molar-refractivity contribution in [3.63, 3.8) is 0 Å². The smallest absolute Gasteiger partial charge is 0.248 e. The van der Waals surface area contributed by atoms with E-state index in [-0.39, 0.29) is 37.3 Å². The number of amides is 1. The maximum Gasteiger partial charge on any atom is 0.248 e. The Hall–Kier alpha value is -1.72. The zero-order valence-corrected chi connectivity index (χ0v) is 10.3. The van der Waals surface area contributed by atoms with Crippen LogP contribution in [0.1, 0.15) is 25.7 Å². The van der Waals surface area contributed by atoms with Gasteiger partial charge < -0.3 is 11.1 Å². The topological polar surface area (TPSA) is 55.1 Å². The number of hydrogen-bond donors (Lipinski definition) is 2. The second-order valence-corrected chi connectivity index (χ2v) is 4.86. The fraction of sp³-hybridized carbons (Fsp3) is 0.462. The van der Waals surface area contributed by atoms with Gasteiger partial charge in [0.15, 0.2) is 0 Å². The standard InChI is InChI=1S/C13H15F3N2O/c14-10-2-1-9(7-11(10)17)18-12(19)8-3-5-13(15,16)6-4-8/h1-2,7-8H,3-6,17H2,(H,18,19). The first-order valence-electron chi connectivity index (χ1n) is 6.11. The summed E-state index contributed by atoms with van der Waals surface area (Å²) in [7, 11) is 0. The third-order valence-corrected chi connectivity index (χ3v) is 3.35.